The lowest BCUT2D eigenvalue weighted by molar-refractivity contribution is -0.274. The van der Waals surface area contributed by atoms with Gasteiger partial charge in [0.15, 0.2) is 5.96 Å². The third-order valence-corrected chi connectivity index (χ3v) is 3.70. The molecule has 3 aromatic rings. The molecule has 0 aliphatic heterocycles. The highest BCUT2D eigenvalue weighted by Crippen LogP contribution is 2.23. The number of halogens is 4. The molecule has 0 unspecified atom stereocenters. The van der Waals surface area contributed by atoms with Crippen LogP contribution in [0.5, 0.6) is 5.75 Å². The van der Waals surface area contributed by atoms with E-state index in [2.05, 4.69) is 20.1 Å². The quantitative estimate of drug-likeness (QED) is 0.290. The smallest absolute Gasteiger partial charge is 0.406 e. The largest absolute Gasteiger partial charge is 0.573 e. The summed E-state index contributed by atoms with van der Waals surface area (Å²) in [5, 5.41) is 7.13. The highest BCUT2D eigenvalue weighted by Gasteiger charge is 2.30. The average molecular weight is 517 g/mol. The lowest BCUT2D eigenvalue weighted by Crippen LogP contribution is -2.23. The van der Waals surface area contributed by atoms with Gasteiger partial charge in [-0.05, 0) is 48.4 Å². The first-order valence-corrected chi connectivity index (χ1v) is 8.41. The molecule has 2 aromatic carbocycles. The Hall–Kier alpha value is -2.76. The number of nitrogens with two attached hydrogens (primary N) is 1. The van der Waals surface area contributed by atoms with Crippen LogP contribution < -0.4 is 15.8 Å². The normalized spacial score (nSPS) is 11.6. The molecule has 154 valence electrons. The van der Waals surface area contributed by atoms with E-state index in [0.717, 1.165) is 11.3 Å². The summed E-state index contributed by atoms with van der Waals surface area (Å²) >= 11 is 0. The zero-order valence-corrected chi connectivity index (χ0v) is 17.5. The summed E-state index contributed by atoms with van der Waals surface area (Å²) in [5.41, 5.74) is 8.30. The van der Waals surface area contributed by atoms with Crippen LogP contribution in [0, 0.1) is 0 Å². The SMILES string of the molecule is I.NC(=NCCc1cnn(-c2ccccc2)c1)Nc1ccc(OC(F)(F)F)cc1. The van der Waals surface area contributed by atoms with E-state index >= 15 is 0 Å². The van der Waals surface area contributed by atoms with Crippen molar-refractivity contribution in [3.05, 3.63) is 72.6 Å². The Morgan fingerprint density at radius 2 is 1.79 bits per heavy atom. The Labute approximate surface area is 182 Å². The van der Waals surface area contributed by atoms with Crippen LogP contribution in [0.2, 0.25) is 0 Å². The van der Waals surface area contributed by atoms with Crippen LogP contribution in [0.1, 0.15) is 5.56 Å². The number of guanidine groups is 1. The fraction of sp³-hybridized carbons (Fsp3) is 0.158. The van der Waals surface area contributed by atoms with Gasteiger partial charge < -0.3 is 15.8 Å². The van der Waals surface area contributed by atoms with Crippen LogP contribution in [0.25, 0.3) is 5.69 Å². The number of nitrogens with zero attached hydrogens (tertiary/aromatic N) is 3. The summed E-state index contributed by atoms with van der Waals surface area (Å²) in [4.78, 5) is 4.21. The second-order valence-corrected chi connectivity index (χ2v) is 5.84. The summed E-state index contributed by atoms with van der Waals surface area (Å²) in [7, 11) is 0. The molecule has 3 N–H and O–H groups in total. The van der Waals surface area contributed by atoms with Crippen molar-refractivity contribution in [2.45, 2.75) is 12.8 Å². The molecule has 0 bridgehead atoms. The second-order valence-electron chi connectivity index (χ2n) is 5.84. The van der Waals surface area contributed by atoms with Crippen LogP contribution in [-0.2, 0) is 6.42 Å². The van der Waals surface area contributed by atoms with Gasteiger partial charge in [-0.2, -0.15) is 5.10 Å². The second kappa shape index (κ2) is 10.1. The van der Waals surface area contributed by atoms with Gasteiger partial charge in [-0.1, -0.05) is 18.2 Å². The van der Waals surface area contributed by atoms with Gasteiger partial charge >= 0.3 is 6.36 Å². The summed E-state index contributed by atoms with van der Waals surface area (Å²) in [6, 6.07) is 15.0. The van der Waals surface area contributed by atoms with Crippen molar-refractivity contribution in [2.24, 2.45) is 10.7 Å². The number of alkyl halides is 3. The molecule has 10 heteroatoms. The maximum absolute atomic E-state index is 12.1. The maximum atomic E-state index is 12.1. The van der Waals surface area contributed by atoms with Gasteiger partial charge in [0.25, 0.3) is 0 Å². The highest BCUT2D eigenvalue weighted by molar-refractivity contribution is 14.0. The van der Waals surface area contributed by atoms with Crippen LogP contribution in [0.15, 0.2) is 72.0 Å². The number of aromatic nitrogens is 2. The minimum Gasteiger partial charge on any atom is -0.406 e. The zero-order valence-electron chi connectivity index (χ0n) is 15.1. The number of rotatable bonds is 6. The third kappa shape index (κ3) is 7.29. The van der Waals surface area contributed by atoms with Crippen LogP contribution in [-0.4, -0.2) is 28.6 Å². The van der Waals surface area contributed by atoms with E-state index in [1.54, 1.807) is 10.9 Å². The predicted octanol–water partition coefficient (Wildman–Crippen LogP) is 4.36. The number of benzene rings is 2. The first kappa shape index (κ1) is 22.5. The molecular formula is C19H19F3IN5O. The van der Waals surface area contributed by atoms with E-state index in [9.17, 15) is 13.2 Å². The number of hydrogen-bond donors (Lipinski definition) is 2. The molecule has 1 aromatic heterocycles. The number of para-hydroxylation sites is 1. The first-order chi connectivity index (χ1) is 13.4. The lowest BCUT2D eigenvalue weighted by atomic mass is 10.2. The Morgan fingerprint density at radius 1 is 1.10 bits per heavy atom. The van der Waals surface area contributed by atoms with Crippen molar-refractivity contribution in [2.75, 3.05) is 11.9 Å². The Bertz CT molecular complexity index is 927. The molecule has 0 saturated heterocycles. The van der Waals surface area contributed by atoms with Crippen LogP contribution >= 0.6 is 24.0 Å². The van der Waals surface area contributed by atoms with E-state index in [-0.39, 0.29) is 35.7 Å². The Balaban J connectivity index is 0.00000300. The fourth-order valence-corrected chi connectivity index (χ4v) is 2.44. The van der Waals surface area contributed by atoms with Crippen LogP contribution in [0.3, 0.4) is 0 Å². The zero-order chi connectivity index (χ0) is 20.0. The van der Waals surface area contributed by atoms with Gasteiger partial charge in [-0.25, -0.2) is 4.68 Å². The van der Waals surface area contributed by atoms with Crippen molar-refractivity contribution in [1.82, 2.24) is 9.78 Å². The molecule has 0 atom stereocenters. The lowest BCUT2D eigenvalue weighted by Gasteiger charge is -2.10. The van der Waals surface area contributed by atoms with Gasteiger partial charge in [-0.3, -0.25) is 4.99 Å². The summed E-state index contributed by atoms with van der Waals surface area (Å²) in [6.07, 6.45) is -0.378. The van der Waals surface area contributed by atoms with E-state index in [4.69, 9.17) is 5.73 Å². The van der Waals surface area contributed by atoms with Gasteiger partial charge in [0.05, 0.1) is 11.9 Å². The average Bonchev–Trinajstić information content (AvgIpc) is 3.12. The predicted molar refractivity (Wildman–Crippen MR) is 116 cm³/mol. The molecule has 1 heterocycles. The van der Waals surface area contributed by atoms with Crippen molar-refractivity contribution < 1.29 is 17.9 Å². The number of anilines is 1. The number of aliphatic imine (C=N–C) groups is 1. The third-order valence-electron chi connectivity index (χ3n) is 3.70. The van der Waals surface area contributed by atoms with E-state index in [1.165, 1.54) is 24.3 Å². The van der Waals surface area contributed by atoms with Crippen molar-refractivity contribution in [3.63, 3.8) is 0 Å². The minimum absolute atomic E-state index is 0. The molecular weight excluding hydrogens is 498 g/mol. The molecule has 0 amide bonds. The summed E-state index contributed by atoms with van der Waals surface area (Å²) in [5.74, 6) is -0.135. The van der Waals surface area contributed by atoms with Crippen molar-refractivity contribution >= 4 is 35.6 Å². The van der Waals surface area contributed by atoms with Crippen LogP contribution in [0.4, 0.5) is 18.9 Å². The molecule has 0 radical (unpaired) electrons. The number of hydrogen-bond acceptors (Lipinski definition) is 3. The van der Waals surface area contributed by atoms with Gasteiger partial charge in [0, 0.05) is 18.4 Å². The highest BCUT2D eigenvalue weighted by atomic mass is 127. The maximum Gasteiger partial charge on any atom is 0.573 e. The summed E-state index contributed by atoms with van der Waals surface area (Å²) < 4.78 is 42.0. The molecule has 0 aliphatic carbocycles. The van der Waals surface area contributed by atoms with E-state index < -0.39 is 6.36 Å². The minimum atomic E-state index is -4.72. The molecule has 3 rings (SSSR count). The van der Waals surface area contributed by atoms with Crippen molar-refractivity contribution in [1.29, 1.82) is 0 Å². The molecule has 0 aliphatic rings. The summed E-state index contributed by atoms with van der Waals surface area (Å²) in [6.45, 7) is 0.439. The molecule has 0 spiro atoms. The number of nitrogens with one attached hydrogen (secondary N) is 1. The van der Waals surface area contributed by atoms with Gasteiger partial charge in [0.1, 0.15) is 5.75 Å². The van der Waals surface area contributed by atoms with Gasteiger partial charge in [-0.15, -0.1) is 37.1 Å². The Kier molecular flexibility index (Phi) is 7.88. The molecule has 0 fully saturated rings. The van der Waals surface area contributed by atoms with Gasteiger partial charge in [0.2, 0.25) is 0 Å². The van der Waals surface area contributed by atoms with E-state index in [1.807, 2.05) is 36.5 Å². The molecule has 0 saturated carbocycles. The number of ether oxygens (including phenoxy) is 1. The van der Waals surface area contributed by atoms with Crippen molar-refractivity contribution in [3.8, 4) is 11.4 Å². The molecule has 6 nitrogen and oxygen atoms in total. The molecule has 29 heavy (non-hydrogen) atoms. The standard InChI is InChI=1S/C19H18F3N5O.HI/c20-19(21,22)28-17-8-6-15(7-9-17)26-18(23)24-11-10-14-12-25-27(13-14)16-4-2-1-3-5-16;/h1-9,12-13H,10-11H2,(H3,23,24,26);1H. The topological polar surface area (TPSA) is 77.5 Å². The Morgan fingerprint density at radius 3 is 2.45 bits per heavy atom. The van der Waals surface area contributed by atoms with E-state index in [0.29, 0.717) is 18.7 Å². The monoisotopic (exact) mass is 517 g/mol. The first-order valence-electron chi connectivity index (χ1n) is 8.41. The fourth-order valence-electron chi connectivity index (χ4n) is 2.44.